The minimum absolute atomic E-state index is 0.0385. The predicted molar refractivity (Wildman–Crippen MR) is 234 cm³/mol. The summed E-state index contributed by atoms with van der Waals surface area (Å²) in [4.78, 5) is 36.9. The summed E-state index contributed by atoms with van der Waals surface area (Å²) in [6, 6.07) is -0.626. The first kappa shape index (κ1) is 53.0. The molecule has 1 N–H and O–H groups in total. The topological polar surface area (TPSA) is 99.1 Å². The molecule has 322 valence electrons. The summed E-state index contributed by atoms with van der Waals surface area (Å²) in [7, 11) is 5.50. The Kier molecular flexibility index (Phi) is 36.8. The number of esters is 2. The van der Waals surface area contributed by atoms with E-state index in [0.29, 0.717) is 19.3 Å². The number of quaternary nitrogens is 1. The fourth-order valence-corrected chi connectivity index (χ4v) is 6.16. The molecule has 2 atom stereocenters. The first-order chi connectivity index (χ1) is 27.1. The molecule has 0 aliphatic carbocycles. The van der Waals surface area contributed by atoms with Crippen molar-refractivity contribution in [1.29, 1.82) is 0 Å². The van der Waals surface area contributed by atoms with Crippen LogP contribution < -0.4 is 0 Å². The molecule has 0 spiro atoms. The number of unbranched alkanes of at least 4 members (excludes halogenated alkanes) is 16. The number of carbonyl (C=O) groups is 3. The van der Waals surface area contributed by atoms with Crippen molar-refractivity contribution in [3.8, 4) is 0 Å². The Labute approximate surface area is 343 Å². The second-order valence-electron chi connectivity index (χ2n) is 16.0. The highest BCUT2D eigenvalue weighted by Crippen LogP contribution is 2.13. The van der Waals surface area contributed by atoms with Gasteiger partial charge in [0.05, 0.1) is 34.4 Å². The van der Waals surface area contributed by atoms with Crippen LogP contribution in [-0.2, 0) is 28.6 Å². The number of carboxylic acids is 1. The fraction of sp³-hybridized carbons (Fsp3) is 0.729. The van der Waals surface area contributed by atoms with E-state index in [1.807, 2.05) is 21.1 Å². The van der Waals surface area contributed by atoms with Gasteiger partial charge in [0.25, 0.3) is 0 Å². The molecule has 0 aromatic carbocycles. The molecule has 8 nitrogen and oxygen atoms in total. The van der Waals surface area contributed by atoms with Crippen LogP contribution in [0.15, 0.2) is 60.8 Å². The zero-order valence-corrected chi connectivity index (χ0v) is 36.6. The molecule has 0 aliphatic heterocycles. The maximum atomic E-state index is 12.7. The first-order valence-corrected chi connectivity index (χ1v) is 22.3. The van der Waals surface area contributed by atoms with E-state index < -0.39 is 18.1 Å². The highest BCUT2D eigenvalue weighted by Gasteiger charge is 2.31. The third-order valence-electron chi connectivity index (χ3n) is 9.67. The maximum absolute atomic E-state index is 12.7. The number of rotatable bonds is 39. The van der Waals surface area contributed by atoms with Gasteiger partial charge in [0.2, 0.25) is 0 Å². The van der Waals surface area contributed by atoms with Crippen molar-refractivity contribution in [2.24, 2.45) is 0 Å². The molecule has 0 heterocycles. The van der Waals surface area contributed by atoms with Gasteiger partial charge in [-0.1, -0.05) is 145 Å². The van der Waals surface area contributed by atoms with E-state index in [1.54, 1.807) is 0 Å². The van der Waals surface area contributed by atoms with Crippen LogP contribution in [0.1, 0.15) is 174 Å². The number of likely N-dealkylation sites (N-methyl/N-ethyl adjacent to an activating group) is 1. The number of hydrogen-bond donors (Lipinski definition) is 1. The molecule has 8 heteroatoms. The Morgan fingerprint density at radius 3 is 1.59 bits per heavy atom. The van der Waals surface area contributed by atoms with E-state index in [1.165, 1.54) is 77.0 Å². The maximum Gasteiger partial charge on any atom is 0.362 e. The predicted octanol–water partition coefficient (Wildman–Crippen LogP) is 12.2. The van der Waals surface area contributed by atoms with Crippen molar-refractivity contribution >= 4 is 17.9 Å². The van der Waals surface area contributed by atoms with Gasteiger partial charge in [-0.3, -0.25) is 9.59 Å². The van der Waals surface area contributed by atoms with Gasteiger partial charge in [-0.2, -0.15) is 0 Å². The molecule has 0 aliphatic rings. The Hall–Kier alpha value is -2.97. The Morgan fingerprint density at radius 2 is 1.02 bits per heavy atom. The standard InChI is InChI=1S/C48H83NO7/c1-6-8-10-12-14-16-18-20-22-23-25-26-28-30-32-34-36-38-46(50)55-43-44(42-54-41-40-45(48(52)53)49(3,4)5)56-47(51)39-37-35-33-31-29-27-24-21-19-17-15-13-11-9-7-2/h15,17,19-22,25-26,30,32,44-45H,6-14,16,18,23-24,27-29,31,33-43H2,1-5H3/p+1/b17-15+,21-19+,22-20+,26-25+,32-30+. The average Bonchev–Trinajstić information content (AvgIpc) is 3.15. The van der Waals surface area contributed by atoms with E-state index in [9.17, 15) is 19.5 Å². The Balaban J connectivity index is 4.45. The molecular formula is C48H84NO7+. The largest absolute Gasteiger partial charge is 0.477 e. The van der Waals surface area contributed by atoms with Gasteiger partial charge in [0, 0.05) is 19.3 Å². The monoisotopic (exact) mass is 787 g/mol. The summed E-state index contributed by atoms with van der Waals surface area (Å²) in [5, 5.41) is 9.62. The van der Waals surface area contributed by atoms with Gasteiger partial charge >= 0.3 is 17.9 Å². The lowest BCUT2D eigenvalue weighted by Crippen LogP contribution is -2.50. The van der Waals surface area contributed by atoms with Crippen LogP contribution in [0.3, 0.4) is 0 Å². The fourth-order valence-electron chi connectivity index (χ4n) is 6.16. The van der Waals surface area contributed by atoms with Gasteiger partial charge in [-0.25, -0.2) is 4.79 Å². The summed E-state index contributed by atoms with van der Waals surface area (Å²) >= 11 is 0. The third-order valence-corrected chi connectivity index (χ3v) is 9.67. The minimum atomic E-state index is -0.885. The molecule has 0 radical (unpaired) electrons. The lowest BCUT2D eigenvalue weighted by atomic mass is 10.1. The quantitative estimate of drug-likeness (QED) is 0.0218. The van der Waals surface area contributed by atoms with E-state index >= 15 is 0 Å². The van der Waals surface area contributed by atoms with Crippen LogP contribution in [0.4, 0.5) is 0 Å². The highest BCUT2D eigenvalue weighted by atomic mass is 16.6. The van der Waals surface area contributed by atoms with Crippen molar-refractivity contribution in [2.75, 3.05) is 41.0 Å². The summed E-state index contributed by atoms with van der Waals surface area (Å²) in [5.41, 5.74) is 0. The van der Waals surface area contributed by atoms with Gasteiger partial charge < -0.3 is 23.8 Å². The molecule has 0 aromatic rings. The van der Waals surface area contributed by atoms with Crippen LogP contribution in [0, 0.1) is 0 Å². The number of carboxylic acid groups (broad SMARTS) is 1. The average molecular weight is 787 g/mol. The lowest BCUT2D eigenvalue weighted by Gasteiger charge is -2.31. The Morgan fingerprint density at radius 1 is 0.554 bits per heavy atom. The zero-order valence-electron chi connectivity index (χ0n) is 36.6. The van der Waals surface area contributed by atoms with Crippen LogP contribution >= 0.6 is 0 Å². The zero-order chi connectivity index (χ0) is 41.4. The van der Waals surface area contributed by atoms with Crippen molar-refractivity contribution in [3.05, 3.63) is 60.8 Å². The first-order valence-electron chi connectivity index (χ1n) is 22.3. The third kappa shape index (κ3) is 36.7. The van der Waals surface area contributed by atoms with E-state index in [-0.39, 0.29) is 42.7 Å². The summed E-state index contributed by atoms with van der Waals surface area (Å²) < 4.78 is 17.2. The summed E-state index contributed by atoms with van der Waals surface area (Å²) in [5.74, 6) is -1.55. The molecular weight excluding hydrogens is 703 g/mol. The number of carbonyl (C=O) groups excluding carboxylic acids is 2. The van der Waals surface area contributed by atoms with Crippen molar-refractivity contribution < 1.29 is 38.2 Å². The van der Waals surface area contributed by atoms with E-state index in [2.05, 4.69) is 74.6 Å². The normalized spacial score (nSPS) is 13.5. The number of ether oxygens (including phenoxy) is 3. The summed E-state index contributed by atoms with van der Waals surface area (Å²) in [6.07, 6.45) is 46.9. The smallest absolute Gasteiger partial charge is 0.362 e. The molecule has 0 saturated heterocycles. The second kappa shape index (κ2) is 38.9. The Bertz CT molecular complexity index is 1100. The van der Waals surface area contributed by atoms with Gasteiger partial charge in [0.1, 0.15) is 6.61 Å². The molecule has 0 fully saturated rings. The van der Waals surface area contributed by atoms with Gasteiger partial charge in [-0.15, -0.1) is 0 Å². The molecule has 56 heavy (non-hydrogen) atoms. The second-order valence-corrected chi connectivity index (χ2v) is 16.0. The number of aliphatic carboxylic acids is 1. The highest BCUT2D eigenvalue weighted by molar-refractivity contribution is 5.72. The minimum Gasteiger partial charge on any atom is -0.477 e. The van der Waals surface area contributed by atoms with Gasteiger partial charge in [-0.05, 0) is 70.6 Å². The van der Waals surface area contributed by atoms with Crippen LogP contribution in [-0.4, -0.2) is 80.6 Å². The molecule has 0 amide bonds. The van der Waals surface area contributed by atoms with Crippen LogP contribution in [0.25, 0.3) is 0 Å². The van der Waals surface area contributed by atoms with Crippen LogP contribution in [0.5, 0.6) is 0 Å². The molecule has 0 rings (SSSR count). The van der Waals surface area contributed by atoms with Gasteiger partial charge in [0.15, 0.2) is 12.1 Å². The molecule has 0 aromatic heterocycles. The SMILES string of the molecule is CCCCC/C=C/C=C/CCCCCCCCC(=O)OC(COCCC(C(=O)O)[N+](C)(C)C)COC(=O)CCC/C=C/C/C=C/C/C=C/CCCCCCCC. The van der Waals surface area contributed by atoms with Crippen molar-refractivity contribution in [1.82, 2.24) is 0 Å². The molecule has 0 bridgehead atoms. The van der Waals surface area contributed by atoms with Crippen LogP contribution in [0.2, 0.25) is 0 Å². The summed E-state index contributed by atoms with van der Waals surface area (Å²) in [6.45, 7) is 4.62. The van der Waals surface area contributed by atoms with E-state index in [4.69, 9.17) is 14.2 Å². The van der Waals surface area contributed by atoms with E-state index in [0.717, 1.165) is 57.8 Å². The lowest BCUT2D eigenvalue weighted by molar-refractivity contribution is -0.887. The van der Waals surface area contributed by atoms with Crippen molar-refractivity contribution in [3.63, 3.8) is 0 Å². The molecule has 2 unspecified atom stereocenters. The van der Waals surface area contributed by atoms with Crippen molar-refractivity contribution in [2.45, 2.75) is 187 Å². The number of hydrogen-bond acceptors (Lipinski definition) is 6. The number of allylic oxidation sites excluding steroid dienone is 10. The molecule has 0 saturated carbocycles. The number of nitrogens with zero attached hydrogens (tertiary/aromatic N) is 1.